The molecule has 1 aromatic carbocycles. The third-order valence-corrected chi connectivity index (χ3v) is 6.85. The largest absolute Gasteiger partial charge is 0.494 e. The summed E-state index contributed by atoms with van der Waals surface area (Å²) < 4.78 is 5.75. The van der Waals surface area contributed by atoms with Crippen molar-refractivity contribution in [1.82, 2.24) is 15.1 Å². The minimum absolute atomic E-state index is 0.164. The number of anilines is 1. The fourth-order valence-electron chi connectivity index (χ4n) is 4.75. The number of unbranched alkanes of at least 4 members (excludes halogenated alkanes) is 1. The van der Waals surface area contributed by atoms with E-state index in [1.807, 2.05) is 29.2 Å². The van der Waals surface area contributed by atoms with Gasteiger partial charge in [-0.3, -0.25) is 4.90 Å². The molecule has 2 aliphatic rings. The van der Waals surface area contributed by atoms with E-state index >= 15 is 0 Å². The van der Waals surface area contributed by atoms with Gasteiger partial charge in [-0.05, 0) is 69.5 Å². The van der Waals surface area contributed by atoms with Gasteiger partial charge in [-0.15, -0.1) is 0 Å². The van der Waals surface area contributed by atoms with Crippen LogP contribution in [-0.4, -0.2) is 73.8 Å². The number of benzene rings is 1. The summed E-state index contributed by atoms with van der Waals surface area (Å²) in [6, 6.07) is 9.14. The molecule has 3 rings (SSSR count). The maximum atomic E-state index is 13.1. The Kier molecular flexibility index (Phi) is 9.47. The lowest BCUT2D eigenvalue weighted by atomic mass is 9.90. The van der Waals surface area contributed by atoms with Crippen LogP contribution in [0.1, 0.15) is 59.3 Å². The maximum Gasteiger partial charge on any atom is 0.324 e. The maximum absolute atomic E-state index is 13.1. The average Bonchev–Trinajstić information content (AvgIpc) is 3.19. The van der Waals surface area contributed by atoms with E-state index in [1.165, 1.54) is 0 Å². The van der Waals surface area contributed by atoms with Crippen LogP contribution in [0, 0.1) is 0 Å². The second-order valence-electron chi connectivity index (χ2n) is 8.81. The SMILES string of the molecule is CCCCOc1ccc(N2CCN(C3CCC(NCCN(CC)CC)CC3)C2=O)cc1. The van der Waals surface area contributed by atoms with Crippen molar-refractivity contribution in [2.45, 2.75) is 71.4 Å². The van der Waals surface area contributed by atoms with Crippen molar-refractivity contribution in [3.05, 3.63) is 24.3 Å². The van der Waals surface area contributed by atoms with Crippen molar-refractivity contribution in [3.63, 3.8) is 0 Å². The highest BCUT2D eigenvalue weighted by Gasteiger charge is 2.36. The Bertz CT molecular complexity index is 654. The monoisotopic (exact) mass is 430 g/mol. The number of carbonyl (C=O) groups excluding carboxylic acids is 1. The first-order chi connectivity index (χ1) is 15.2. The lowest BCUT2D eigenvalue weighted by Crippen LogP contribution is -2.45. The summed E-state index contributed by atoms with van der Waals surface area (Å²) >= 11 is 0. The zero-order valence-corrected chi connectivity index (χ0v) is 19.8. The van der Waals surface area contributed by atoms with Gasteiger partial charge in [-0.2, -0.15) is 0 Å². The van der Waals surface area contributed by atoms with Gasteiger partial charge >= 0.3 is 6.03 Å². The number of nitrogens with zero attached hydrogens (tertiary/aromatic N) is 3. The summed E-state index contributed by atoms with van der Waals surface area (Å²) in [6.07, 6.45) is 6.73. The van der Waals surface area contributed by atoms with Crippen LogP contribution >= 0.6 is 0 Å². The van der Waals surface area contributed by atoms with E-state index in [9.17, 15) is 4.79 Å². The molecule has 1 aliphatic heterocycles. The number of hydrogen-bond donors (Lipinski definition) is 1. The lowest BCUT2D eigenvalue weighted by molar-refractivity contribution is 0.171. The molecule has 0 atom stereocenters. The first-order valence-electron chi connectivity index (χ1n) is 12.4. The molecule has 1 aromatic rings. The van der Waals surface area contributed by atoms with E-state index < -0.39 is 0 Å². The van der Waals surface area contributed by atoms with Crippen LogP contribution in [0.2, 0.25) is 0 Å². The van der Waals surface area contributed by atoms with Crippen LogP contribution in [0.4, 0.5) is 10.5 Å². The van der Waals surface area contributed by atoms with Crippen LogP contribution in [0.3, 0.4) is 0 Å². The van der Waals surface area contributed by atoms with Crippen LogP contribution in [0.15, 0.2) is 24.3 Å². The van der Waals surface area contributed by atoms with Crippen LogP contribution in [0.5, 0.6) is 5.75 Å². The predicted molar refractivity (Wildman–Crippen MR) is 128 cm³/mol. The Morgan fingerprint density at radius 1 is 1.03 bits per heavy atom. The first kappa shape index (κ1) is 23.9. The number of nitrogens with one attached hydrogen (secondary N) is 1. The molecule has 1 heterocycles. The summed E-state index contributed by atoms with van der Waals surface area (Å²) in [6.45, 7) is 13.4. The van der Waals surface area contributed by atoms with Gasteiger partial charge in [-0.25, -0.2) is 4.79 Å². The molecule has 6 nitrogen and oxygen atoms in total. The Labute approximate surface area is 188 Å². The topological polar surface area (TPSA) is 48.1 Å². The number of carbonyl (C=O) groups is 1. The number of ether oxygens (including phenoxy) is 1. The first-order valence-corrected chi connectivity index (χ1v) is 12.4. The number of likely N-dealkylation sites (N-methyl/N-ethyl adjacent to an activating group) is 1. The molecule has 0 spiro atoms. The van der Waals surface area contributed by atoms with Gasteiger partial charge in [-0.1, -0.05) is 27.2 Å². The Morgan fingerprint density at radius 2 is 1.74 bits per heavy atom. The smallest absolute Gasteiger partial charge is 0.324 e. The third kappa shape index (κ3) is 6.59. The van der Waals surface area contributed by atoms with Gasteiger partial charge in [0.25, 0.3) is 0 Å². The minimum Gasteiger partial charge on any atom is -0.494 e. The van der Waals surface area contributed by atoms with Crippen molar-refractivity contribution in [2.24, 2.45) is 0 Å². The van der Waals surface area contributed by atoms with Gasteiger partial charge < -0.3 is 19.9 Å². The molecule has 0 unspecified atom stereocenters. The van der Waals surface area contributed by atoms with Gasteiger partial charge in [0.1, 0.15) is 5.75 Å². The lowest BCUT2D eigenvalue weighted by Gasteiger charge is -2.35. The summed E-state index contributed by atoms with van der Waals surface area (Å²) in [7, 11) is 0. The number of urea groups is 1. The quantitative estimate of drug-likeness (QED) is 0.501. The normalized spacial score (nSPS) is 21.9. The van der Waals surface area contributed by atoms with Crippen molar-refractivity contribution < 1.29 is 9.53 Å². The zero-order valence-electron chi connectivity index (χ0n) is 19.8. The highest BCUT2D eigenvalue weighted by molar-refractivity contribution is 5.94. The number of hydrogen-bond acceptors (Lipinski definition) is 4. The second-order valence-corrected chi connectivity index (χ2v) is 8.81. The van der Waals surface area contributed by atoms with E-state index in [-0.39, 0.29) is 6.03 Å². The predicted octanol–water partition coefficient (Wildman–Crippen LogP) is 4.35. The molecule has 0 aromatic heterocycles. The molecule has 2 fully saturated rings. The number of amides is 2. The molecule has 6 heteroatoms. The summed E-state index contributed by atoms with van der Waals surface area (Å²) in [5.41, 5.74) is 0.974. The van der Waals surface area contributed by atoms with E-state index in [0.717, 1.165) is 95.8 Å². The van der Waals surface area contributed by atoms with E-state index in [4.69, 9.17) is 4.74 Å². The highest BCUT2D eigenvalue weighted by atomic mass is 16.5. The van der Waals surface area contributed by atoms with Crippen molar-refractivity contribution in [1.29, 1.82) is 0 Å². The van der Waals surface area contributed by atoms with Gasteiger partial charge in [0.2, 0.25) is 0 Å². The Hall–Kier alpha value is -1.79. The minimum atomic E-state index is 0.164. The van der Waals surface area contributed by atoms with Crippen molar-refractivity contribution in [2.75, 3.05) is 50.8 Å². The molecular weight excluding hydrogens is 388 g/mol. The molecule has 1 aliphatic carbocycles. The molecular formula is C25H42N4O2. The van der Waals surface area contributed by atoms with Gasteiger partial charge in [0.15, 0.2) is 0 Å². The van der Waals surface area contributed by atoms with Crippen LogP contribution in [-0.2, 0) is 0 Å². The fourth-order valence-corrected chi connectivity index (χ4v) is 4.75. The molecule has 174 valence electrons. The molecule has 0 bridgehead atoms. The summed E-state index contributed by atoms with van der Waals surface area (Å²) in [5.74, 6) is 0.882. The fraction of sp³-hybridized carbons (Fsp3) is 0.720. The molecule has 1 saturated carbocycles. The molecule has 1 saturated heterocycles. The van der Waals surface area contributed by atoms with Gasteiger partial charge in [0, 0.05) is 44.0 Å². The molecule has 0 radical (unpaired) electrons. The van der Waals surface area contributed by atoms with Gasteiger partial charge in [0.05, 0.1) is 6.61 Å². The molecule has 2 amide bonds. The second kappa shape index (κ2) is 12.3. The van der Waals surface area contributed by atoms with E-state index in [2.05, 4.69) is 35.9 Å². The van der Waals surface area contributed by atoms with E-state index in [0.29, 0.717) is 12.1 Å². The zero-order chi connectivity index (χ0) is 22.1. The third-order valence-electron chi connectivity index (χ3n) is 6.85. The molecule has 31 heavy (non-hydrogen) atoms. The van der Waals surface area contributed by atoms with Crippen molar-refractivity contribution >= 4 is 11.7 Å². The highest BCUT2D eigenvalue weighted by Crippen LogP contribution is 2.29. The molecule has 1 N–H and O–H groups in total. The summed E-state index contributed by atoms with van der Waals surface area (Å²) in [4.78, 5) is 19.6. The average molecular weight is 431 g/mol. The van der Waals surface area contributed by atoms with E-state index in [1.54, 1.807) is 0 Å². The summed E-state index contributed by atoms with van der Waals surface area (Å²) in [5, 5.41) is 3.73. The Morgan fingerprint density at radius 3 is 2.39 bits per heavy atom. The van der Waals surface area contributed by atoms with Crippen LogP contribution < -0.4 is 15.0 Å². The standard InChI is InChI=1S/C25H42N4O2/c1-4-7-20-31-24-14-12-23(13-15-24)29-19-18-28(25(29)30)22-10-8-21(9-11-22)26-16-17-27(5-2)6-3/h12-15,21-22,26H,4-11,16-20H2,1-3H3. The Balaban J connectivity index is 1.43. The van der Waals surface area contributed by atoms with Crippen molar-refractivity contribution in [3.8, 4) is 5.75 Å². The number of rotatable bonds is 12. The van der Waals surface area contributed by atoms with Crippen LogP contribution in [0.25, 0.3) is 0 Å².